The van der Waals surface area contributed by atoms with Crippen LogP contribution in [0, 0.1) is 5.41 Å². The van der Waals surface area contributed by atoms with Crippen molar-refractivity contribution in [2.24, 2.45) is 5.41 Å². The largest absolute Gasteiger partial charge is 0.447 e. The number of aliphatic hydroxyl groups is 4. The van der Waals surface area contributed by atoms with Gasteiger partial charge in [0, 0.05) is 26.1 Å². The molecular weight excluding hydrogens is 376 g/mol. The van der Waals surface area contributed by atoms with Gasteiger partial charge >= 0.3 is 6.09 Å². The van der Waals surface area contributed by atoms with Gasteiger partial charge in [-0.15, -0.1) is 0 Å². The molecule has 0 saturated carbocycles. The number of carbonyl (C=O) groups is 3. The molecule has 0 aromatic carbocycles. The molecule has 3 fully saturated rings. The Kier molecular flexibility index (Phi) is 5.92. The monoisotopic (exact) mass is 402 g/mol. The molecule has 3 aliphatic heterocycles. The Morgan fingerprint density at radius 3 is 2.36 bits per heavy atom. The zero-order valence-electron chi connectivity index (χ0n) is 15.6. The third-order valence-corrected chi connectivity index (χ3v) is 5.84. The van der Waals surface area contributed by atoms with Crippen molar-refractivity contribution >= 4 is 17.9 Å². The number of rotatable bonds is 3. The van der Waals surface area contributed by atoms with E-state index in [1.807, 2.05) is 0 Å². The standard InChI is InChI=1S/C17H26N2O9/c1-2-19-10(20)7-17(15(19)25)3-5-18(6-4-17)16(26)27-8-9-11(21)12(22)13(23)14(24)28-9/h9,11-14,21-24H,2-8H2,1H3/t9?,11-,12+,13?,14-/m1/s1. The molecule has 0 aromatic heterocycles. The lowest BCUT2D eigenvalue weighted by atomic mass is 9.77. The van der Waals surface area contributed by atoms with E-state index in [0.717, 1.165) is 0 Å². The summed E-state index contributed by atoms with van der Waals surface area (Å²) >= 11 is 0. The molecule has 3 rings (SSSR count). The number of ether oxygens (including phenoxy) is 2. The predicted molar refractivity (Wildman–Crippen MR) is 90.5 cm³/mol. The van der Waals surface area contributed by atoms with Gasteiger partial charge in [0.05, 0.1) is 5.41 Å². The smallest absolute Gasteiger partial charge is 0.409 e. The van der Waals surface area contributed by atoms with E-state index in [9.17, 15) is 34.8 Å². The normalized spacial score (nSPS) is 35.5. The summed E-state index contributed by atoms with van der Waals surface area (Å²) in [4.78, 5) is 39.4. The van der Waals surface area contributed by atoms with Crippen molar-refractivity contribution in [2.45, 2.75) is 56.9 Å². The molecule has 4 N–H and O–H groups in total. The summed E-state index contributed by atoms with van der Waals surface area (Å²) < 4.78 is 10.1. The highest BCUT2D eigenvalue weighted by molar-refractivity contribution is 6.06. The molecule has 0 bridgehead atoms. The first-order chi connectivity index (χ1) is 13.2. The van der Waals surface area contributed by atoms with E-state index in [0.29, 0.717) is 19.4 Å². The van der Waals surface area contributed by atoms with E-state index >= 15 is 0 Å². The average Bonchev–Trinajstić information content (AvgIpc) is 2.91. The Morgan fingerprint density at radius 2 is 1.79 bits per heavy atom. The second-order valence-corrected chi connectivity index (χ2v) is 7.50. The number of imide groups is 1. The lowest BCUT2D eigenvalue weighted by Gasteiger charge is -2.39. The molecule has 11 heteroatoms. The fourth-order valence-electron chi connectivity index (χ4n) is 4.00. The molecule has 3 amide bonds. The Balaban J connectivity index is 1.51. The maximum Gasteiger partial charge on any atom is 0.409 e. The van der Waals surface area contributed by atoms with Crippen LogP contribution in [0.2, 0.25) is 0 Å². The molecule has 11 nitrogen and oxygen atoms in total. The molecule has 1 spiro atoms. The zero-order chi connectivity index (χ0) is 20.6. The van der Waals surface area contributed by atoms with Crippen LogP contribution in [0.1, 0.15) is 26.2 Å². The van der Waals surface area contributed by atoms with Gasteiger partial charge in [0.15, 0.2) is 6.29 Å². The Bertz CT molecular complexity index is 634. The minimum Gasteiger partial charge on any atom is -0.447 e. The van der Waals surface area contributed by atoms with Crippen LogP contribution >= 0.6 is 0 Å². The van der Waals surface area contributed by atoms with E-state index in [1.54, 1.807) is 6.92 Å². The number of hydrogen-bond acceptors (Lipinski definition) is 9. The molecule has 0 radical (unpaired) electrons. The first kappa shape index (κ1) is 20.9. The Morgan fingerprint density at radius 1 is 1.14 bits per heavy atom. The molecule has 0 aliphatic carbocycles. The number of hydrogen-bond donors (Lipinski definition) is 4. The van der Waals surface area contributed by atoms with Crippen LogP contribution in [-0.4, -0.2) is 105 Å². The van der Waals surface area contributed by atoms with Gasteiger partial charge in [0.1, 0.15) is 31.0 Å². The lowest BCUT2D eigenvalue weighted by molar-refractivity contribution is -0.286. The fourth-order valence-corrected chi connectivity index (χ4v) is 4.00. The summed E-state index contributed by atoms with van der Waals surface area (Å²) in [5.41, 5.74) is -0.753. The predicted octanol–water partition coefficient (Wildman–Crippen LogP) is -2.22. The maximum atomic E-state index is 12.5. The average molecular weight is 402 g/mol. The van der Waals surface area contributed by atoms with Crippen molar-refractivity contribution in [1.82, 2.24) is 9.80 Å². The first-order valence-corrected chi connectivity index (χ1v) is 9.34. The number of aliphatic hydroxyl groups excluding tert-OH is 4. The second kappa shape index (κ2) is 7.91. The zero-order valence-corrected chi connectivity index (χ0v) is 15.6. The summed E-state index contributed by atoms with van der Waals surface area (Å²) in [6.07, 6.45) is -7.54. The van der Waals surface area contributed by atoms with Crippen LogP contribution in [-0.2, 0) is 19.1 Å². The summed E-state index contributed by atoms with van der Waals surface area (Å²) in [5, 5.41) is 38.5. The molecule has 5 atom stereocenters. The van der Waals surface area contributed by atoms with Crippen LogP contribution < -0.4 is 0 Å². The molecule has 2 unspecified atom stereocenters. The van der Waals surface area contributed by atoms with Gasteiger partial charge in [-0.2, -0.15) is 0 Å². The van der Waals surface area contributed by atoms with Crippen LogP contribution in [0.5, 0.6) is 0 Å². The number of carbonyl (C=O) groups excluding carboxylic acids is 3. The molecule has 3 saturated heterocycles. The summed E-state index contributed by atoms with van der Waals surface area (Å²) in [7, 11) is 0. The fraction of sp³-hybridized carbons (Fsp3) is 0.824. The van der Waals surface area contributed by atoms with Crippen LogP contribution in [0.25, 0.3) is 0 Å². The highest BCUT2D eigenvalue weighted by atomic mass is 16.7. The molecule has 28 heavy (non-hydrogen) atoms. The number of likely N-dealkylation sites (tertiary alicyclic amines) is 2. The van der Waals surface area contributed by atoms with Gasteiger partial charge < -0.3 is 34.8 Å². The third kappa shape index (κ3) is 3.60. The molecule has 0 aromatic rings. The number of nitrogens with zero attached hydrogens (tertiary/aromatic N) is 2. The molecule has 3 aliphatic rings. The van der Waals surface area contributed by atoms with Gasteiger partial charge in [-0.3, -0.25) is 14.5 Å². The summed E-state index contributed by atoms with van der Waals surface area (Å²) in [6, 6.07) is 0. The van der Waals surface area contributed by atoms with E-state index in [2.05, 4.69) is 0 Å². The van der Waals surface area contributed by atoms with E-state index < -0.39 is 48.8 Å². The minimum atomic E-state index is -1.70. The highest BCUT2D eigenvalue weighted by Crippen LogP contribution is 2.42. The maximum absolute atomic E-state index is 12.5. The molecule has 158 valence electrons. The topological polar surface area (TPSA) is 157 Å². The molecular formula is C17H26N2O9. The van der Waals surface area contributed by atoms with Crippen molar-refractivity contribution in [2.75, 3.05) is 26.2 Å². The van der Waals surface area contributed by atoms with Crippen molar-refractivity contribution in [3.8, 4) is 0 Å². The number of piperidine rings is 1. The van der Waals surface area contributed by atoms with Gasteiger partial charge in [-0.05, 0) is 19.8 Å². The van der Waals surface area contributed by atoms with Crippen molar-refractivity contribution in [3.63, 3.8) is 0 Å². The van der Waals surface area contributed by atoms with Crippen LogP contribution in [0.4, 0.5) is 4.79 Å². The Labute approximate surface area is 161 Å². The van der Waals surface area contributed by atoms with E-state index in [1.165, 1.54) is 9.80 Å². The van der Waals surface area contributed by atoms with Gasteiger partial charge in [0.2, 0.25) is 11.8 Å². The Hall–Kier alpha value is -1.79. The summed E-state index contributed by atoms with van der Waals surface area (Å²) in [5.74, 6) is -0.375. The van der Waals surface area contributed by atoms with Crippen LogP contribution in [0.3, 0.4) is 0 Å². The van der Waals surface area contributed by atoms with Gasteiger partial charge in [-0.1, -0.05) is 0 Å². The lowest BCUT2D eigenvalue weighted by Crippen LogP contribution is -2.59. The summed E-state index contributed by atoms with van der Waals surface area (Å²) in [6.45, 7) is 2.14. The number of amides is 3. The SMILES string of the molecule is CCN1C(=O)CC2(CCN(C(=O)OCC3O[C@@H](O)C(O)[C@@H](O)[C@@H]3O)CC2)C1=O. The quantitative estimate of drug-likeness (QED) is 0.384. The van der Waals surface area contributed by atoms with Gasteiger partial charge in [-0.25, -0.2) is 4.79 Å². The minimum absolute atomic E-state index is 0.156. The van der Waals surface area contributed by atoms with E-state index in [-0.39, 0.29) is 31.3 Å². The highest BCUT2D eigenvalue weighted by Gasteiger charge is 2.52. The molecule has 3 heterocycles. The third-order valence-electron chi connectivity index (χ3n) is 5.84. The first-order valence-electron chi connectivity index (χ1n) is 9.34. The second-order valence-electron chi connectivity index (χ2n) is 7.50. The van der Waals surface area contributed by atoms with Crippen LogP contribution in [0.15, 0.2) is 0 Å². The van der Waals surface area contributed by atoms with E-state index in [4.69, 9.17) is 9.47 Å². The van der Waals surface area contributed by atoms with Crippen molar-refractivity contribution < 1.29 is 44.3 Å². The van der Waals surface area contributed by atoms with Gasteiger partial charge in [0.25, 0.3) is 0 Å². The van der Waals surface area contributed by atoms with Crippen molar-refractivity contribution in [3.05, 3.63) is 0 Å². The van der Waals surface area contributed by atoms with Crippen molar-refractivity contribution in [1.29, 1.82) is 0 Å².